The summed E-state index contributed by atoms with van der Waals surface area (Å²) in [5.41, 5.74) is 3.21. The molecule has 2 aliphatic carbocycles. The summed E-state index contributed by atoms with van der Waals surface area (Å²) in [5, 5.41) is 5.48. The van der Waals surface area contributed by atoms with Gasteiger partial charge in [0.1, 0.15) is 0 Å². The van der Waals surface area contributed by atoms with Crippen molar-refractivity contribution in [2.75, 3.05) is 0 Å². The van der Waals surface area contributed by atoms with Gasteiger partial charge in [-0.2, -0.15) is 55.3 Å². The summed E-state index contributed by atoms with van der Waals surface area (Å²) in [6.07, 6.45) is 16.5. The first kappa shape index (κ1) is 38.3. The van der Waals surface area contributed by atoms with Gasteiger partial charge in [0.2, 0.25) is 0 Å². The molecule has 216 valence electrons. The van der Waals surface area contributed by atoms with E-state index in [1.807, 2.05) is 42.5 Å². The number of benzene rings is 3. The quantitative estimate of drug-likeness (QED) is 0.166. The fraction of sp³-hybridized carbons (Fsp3) is 0.324. The third-order valence-corrected chi connectivity index (χ3v) is 6.45. The van der Waals surface area contributed by atoms with E-state index in [0.29, 0.717) is 0 Å². The molecule has 1 fully saturated rings. The maximum absolute atomic E-state index is 3.34. The number of hydrogen-bond acceptors (Lipinski definition) is 0. The topological polar surface area (TPSA) is 0 Å². The average molecular weight is 653 g/mol. The van der Waals surface area contributed by atoms with Crippen LogP contribution in [0.25, 0.3) is 21.5 Å². The summed E-state index contributed by atoms with van der Waals surface area (Å²) in [6, 6.07) is 28.7. The summed E-state index contributed by atoms with van der Waals surface area (Å²) in [5.74, 6) is 0. The smallest absolute Gasteiger partial charge is 0.171 e. The maximum Gasteiger partial charge on any atom is -0.171 e. The second-order valence-electron chi connectivity index (χ2n) is 11.5. The van der Waals surface area contributed by atoms with Gasteiger partial charge < -0.3 is 6.42 Å². The molecular formula is C37H46Cl2Zr-4. The van der Waals surface area contributed by atoms with E-state index in [9.17, 15) is 0 Å². The second-order valence-corrected chi connectivity index (χ2v) is 11.5. The largest absolute Gasteiger partial charge is 0.184 e. The van der Waals surface area contributed by atoms with E-state index in [2.05, 4.69) is 113 Å². The number of rotatable bonds is 0. The van der Waals surface area contributed by atoms with E-state index in [4.69, 9.17) is 0 Å². The third-order valence-electron chi connectivity index (χ3n) is 6.45. The summed E-state index contributed by atoms with van der Waals surface area (Å²) in [7, 11) is 0. The van der Waals surface area contributed by atoms with Crippen LogP contribution in [0.4, 0.5) is 0 Å². The zero-order valence-electron chi connectivity index (χ0n) is 25.1. The monoisotopic (exact) mass is 650 g/mol. The SMILES string of the molecule is CC(C)(C)c1ccc2c(c1)[cH-]c1cc(C(C)(C)C)ccc12.Cl.Cl.[C-]1=CC=CC1.[CH-]1CCC1.[CH2]=[Zr].[c-]1ccccc1. The minimum Gasteiger partial charge on any atom is -0.184 e. The van der Waals surface area contributed by atoms with E-state index >= 15 is 0 Å². The van der Waals surface area contributed by atoms with E-state index in [0.717, 1.165) is 6.42 Å². The molecule has 0 radical (unpaired) electrons. The molecule has 0 nitrogen and oxygen atoms in total. The van der Waals surface area contributed by atoms with Crippen LogP contribution in [0.3, 0.4) is 0 Å². The van der Waals surface area contributed by atoms with Crippen LogP contribution in [0, 0.1) is 18.6 Å². The molecule has 3 heteroatoms. The second kappa shape index (κ2) is 19.5. The molecule has 0 heterocycles. The van der Waals surface area contributed by atoms with Gasteiger partial charge in [0, 0.05) is 0 Å². The number of fused-ring (bicyclic) bond motifs is 3. The molecule has 6 rings (SSSR count). The van der Waals surface area contributed by atoms with Crippen LogP contribution < -0.4 is 0 Å². The van der Waals surface area contributed by atoms with Crippen LogP contribution >= 0.6 is 24.8 Å². The van der Waals surface area contributed by atoms with Crippen LogP contribution in [0.5, 0.6) is 0 Å². The van der Waals surface area contributed by atoms with E-state index in [-0.39, 0.29) is 35.6 Å². The van der Waals surface area contributed by atoms with Crippen molar-refractivity contribution < 1.29 is 24.2 Å². The first-order chi connectivity index (χ1) is 18.2. The van der Waals surface area contributed by atoms with Gasteiger partial charge in [-0.05, 0) is 10.8 Å². The van der Waals surface area contributed by atoms with Crippen molar-refractivity contribution in [3.63, 3.8) is 0 Å². The molecule has 2 aliphatic rings. The number of allylic oxidation sites excluding steroid dienone is 4. The Morgan fingerprint density at radius 3 is 1.43 bits per heavy atom. The molecule has 4 aromatic carbocycles. The molecule has 0 atom stereocenters. The first-order valence-corrected chi connectivity index (χ1v) is 15.3. The summed E-state index contributed by atoms with van der Waals surface area (Å²) in [6.45, 7) is 13.6. The minimum atomic E-state index is 0. The Balaban J connectivity index is 0.000000650. The fourth-order valence-corrected chi connectivity index (χ4v) is 3.84. The molecule has 0 spiro atoms. The van der Waals surface area contributed by atoms with Gasteiger partial charge in [0.05, 0.1) is 0 Å². The molecule has 0 saturated heterocycles. The van der Waals surface area contributed by atoms with Gasteiger partial charge in [-0.1, -0.05) is 76.9 Å². The predicted octanol–water partition coefficient (Wildman–Crippen LogP) is 11.3. The Kier molecular flexibility index (Phi) is 18.7. The van der Waals surface area contributed by atoms with E-state index in [1.54, 1.807) is 0 Å². The molecule has 0 amide bonds. The zero-order chi connectivity index (χ0) is 28.0. The fourth-order valence-electron chi connectivity index (χ4n) is 3.84. The standard InChI is InChI=1S/C21H25.C6H5.C5H5.C4H7.CH2.2ClH.Zr/c1-20(2,3)16-7-9-18-14(12-16)11-15-13-17(21(4,5)6)8-10-19(15)18;1-2-4-6-5-3-1;1-2-4-5-3-1;1-2-4-3-1;;;;/h7-13H,1-6H3;1-5H;1-3H,4H2;1H,2-4H2;1H2;2*1H;/q4*-1;;;;. The Morgan fingerprint density at radius 1 is 0.750 bits per heavy atom. The summed E-state index contributed by atoms with van der Waals surface area (Å²) in [4.78, 5) is 0. The Labute approximate surface area is 271 Å². The van der Waals surface area contributed by atoms with Gasteiger partial charge >= 0.3 is 28.4 Å². The molecule has 0 N–H and O–H groups in total. The summed E-state index contributed by atoms with van der Waals surface area (Å²) < 4.78 is 3.34. The van der Waals surface area contributed by atoms with Gasteiger partial charge in [-0.15, -0.1) is 77.4 Å². The van der Waals surface area contributed by atoms with E-state index in [1.165, 1.54) is 76.2 Å². The average Bonchev–Trinajstić information content (AvgIpc) is 3.56. The van der Waals surface area contributed by atoms with Crippen molar-refractivity contribution in [2.24, 2.45) is 0 Å². The van der Waals surface area contributed by atoms with Gasteiger partial charge in [-0.3, -0.25) is 6.08 Å². The Bertz CT molecular complexity index is 1170. The summed E-state index contributed by atoms with van der Waals surface area (Å²) >= 11 is 1.30. The normalized spacial score (nSPS) is 12.8. The van der Waals surface area contributed by atoms with Crippen molar-refractivity contribution >= 4 is 50.6 Å². The molecule has 0 unspecified atom stereocenters. The third kappa shape index (κ3) is 12.9. The molecule has 4 aromatic rings. The Hall–Kier alpha value is -1.66. The number of hydrogen-bond donors (Lipinski definition) is 0. The zero-order valence-corrected chi connectivity index (χ0v) is 29.2. The molecule has 0 aliphatic heterocycles. The van der Waals surface area contributed by atoms with Gasteiger partial charge in [0.25, 0.3) is 0 Å². The van der Waals surface area contributed by atoms with Crippen LogP contribution in [-0.4, -0.2) is 4.21 Å². The van der Waals surface area contributed by atoms with Gasteiger partial charge in [0.15, 0.2) is 0 Å². The minimum absolute atomic E-state index is 0. The van der Waals surface area contributed by atoms with Crippen molar-refractivity contribution in [1.29, 1.82) is 0 Å². The first-order valence-electron chi connectivity index (χ1n) is 13.6. The molecule has 40 heavy (non-hydrogen) atoms. The van der Waals surface area contributed by atoms with Crippen molar-refractivity contribution in [2.45, 2.75) is 78.1 Å². The molecule has 1 saturated carbocycles. The van der Waals surface area contributed by atoms with Crippen LogP contribution in [0.1, 0.15) is 78.4 Å². The van der Waals surface area contributed by atoms with Crippen LogP contribution in [0.15, 0.2) is 91.0 Å². The molecular weight excluding hydrogens is 607 g/mol. The molecule has 0 bridgehead atoms. The van der Waals surface area contributed by atoms with Crippen molar-refractivity contribution in [1.82, 2.24) is 0 Å². The van der Waals surface area contributed by atoms with Crippen LogP contribution in [0.2, 0.25) is 0 Å². The molecule has 0 aromatic heterocycles. The Morgan fingerprint density at radius 2 is 1.20 bits per heavy atom. The number of halogens is 2. The predicted molar refractivity (Wildman–Crippen MR) is 181 cm³/mol. The van der Waals surface area contributed by atoms with Crippen molar-refractivity contribution in [3.8, 4) is 0 Å². The van der Waals surface area contributed by atoms with Crippen LogP contribution in [-0.2, 0) is 35.1 Å². The maximum atomic E-state index is 3.34. The van der Waals surface area contributed by atoms with Gasteiger partial charge in [-0.25, -0.2) is 12.2 Å². The van der Waals surface area contributed by atoms with E-state index < -0.39 is 0 Å². The van der Waals surface area contributed by atoms with Crippen molar-refractivity contribution in [3.05, 3.63) is 121 Å².